The highest BCUT2D eigenvalue weighted by molar-refractivity contribution is 5.33. The molecule has 0 radical (unpaired) electrons. The van der Waals surface area contributed by atoms with Crippen LogP contribution in [0.3, 0.4) is 0 Å². The van der Waals surface area contributed by atoms with Crippen molar-refractivity contribution in [2.24, 2.45) is 11.8 Å². The Hall–Kier alpha value is -1.20. The van der Waals surface area contributed by atoms with Crippen molar-refractivity contribution in [3.05, 3.63) is 29.8 Å². The molecule has 2 rings (SSSR count). The van der Waals surface area contributed by atoms with Gasteiger partial charge in [0, 0.05) is 18.9 Å². The molecule has 112 valence electrons. The molecule has 0 heterocycles. The largest absolute Gasteiger partial charge is 0.496 e. The predicted molar refractivity (Wildman–Crippen MR) is 74.7 cm³/mol. The third-order valence-electron chi connectivity index (χ3n) is 4.18. The van der Waals surface area contributed by atoms with Crippen molar-refractivity contribution in [2.45, 2.75) is 44.1 Å². The van der Waals surface area contributed by atoms with Crippen LogP contribution in [-0.2, 0) is 6.42 Å². The van der Waals surface area contributed by atoms with Gasteiger partial charge in [0.25, 0.3) is 0 Å². The van der Waals surface area contributed by atoms with Gasteiger partial charge in [-0.3, -0.25) is 11.3 Å². The standard InChI is InChI=1S/C15H22F2N2O/c1-20-14-5-3-2-4-12(14)10-13(19-18)11-6-8-15(16,17)9-7-11/h2-5,11,13,19H,6-10,18H2,1H3. The third kappa shape index (κ3) is 3.67. The molecule has 0 aliphatic heterocycles. The third-order valence-corrected chi connectivity index (χ3v) is 4.18. The number of nitrogens with two attached hydrogens (primary N) is 1. The predicted octanol–water partition coefficient (Wildman–Crippen LogP) is 2.90. The summed E-state index contributed by atoms with van der Waals surface area (Å²) >= 11 is 0. The Morgan fingerprint density at radius 2 is 2.00 bits per heavy atom. The zero-order chi connectivity index (χ0) is 14.6. The van der Waals surface area contributed by atoms with Crippen LogP contribution in [0.15, 0.2) is 24.3 Å². The summed E-state index contributed by atoms with van der Waals surface area (Å²) < 4.78 is 31.8. The Bertz CT molecular complexity index is 430. The second-order valence-corrected chi connectivity index (χ2v) is 5.48. The van der Waals surface area contributed by atoms with Crippen LogP contribution in [0.4, 0.5) is 8.78 Å². The number of hydrazine groups is 1. The number of alkyl halides is 2. The first kappa shape index (κ1) is 15.2. The summed E-state index contributed by atoms with van der Waals surface area (Å²) in [6.07, 6.45) is 1.63. The number of methoxy groups -OCH3 is 1. The molecule has 1 aliphatic rings. The van der Waals surface area contributed by atoms with Crippen LogP contribution in [-0.4, -0.2) is 19.1 Å². The molecule has 1 aromatic rings. The number of halogens is 2. The summed E-state index contributed by atoms with van der Waals surface area (Å²) in [4.78, 5) is 0. The van der Waals surface area contributed by atoms with Gasteiger partial charge < -0.3 is 4.74 Å². The summed E-state index contributed by atoms with van der Waals surface area (Å²) in [5.41, 5.74) is 3.85. The zero-order valence-electron chi connectivity index (χ0n) is 11.7. The van der Waals surface area contributed by atoms with Crippen LogP contribution in [0, 0.1) is 5.92 Å². The molecule has 0 amide bonds. The van der Waals surface area contributed by atoms with Gasteiger partial charge in [0.05, 0.1) is 7.11 Å². The van der Waals surface area contributed by atoms with E-state index in [-0.39, 0.29) is 24.8 Å². The SMILES string of the molecule is COc1ccccc1CC(NN)C1CCC(F)(F)CC1. The number of rotatable bonds is 5. The minimum Gasteiger partial charge on any atom is -0.496 e. The second-order valence-electron chi connectivity index (χ2n) is 5.48. The molecule has 5 heteroatoms. The molecule has 1 unspecified atom stereocenters. The maximum Gasteiger partial charge on any atom is 0.248 e. The van der Waals surface area contributed by atoms with Crippen molar-refractivity contribution < 1.29 is 13.5 Å². The lowest BCUT2D eigenvalue weighted by molar-refractivity contribution is -0.0495. The van der Waals surface area contributed by atoms with Gasteiger partial charge in [-0.25, -0.2) is 8.78 Å². The maximum absolute atomic E-state index is 13.2. The van der Waals surface area contributed by atoms with Gasteiger partial charge in [-0.15, -0.1) is 0 Å². The lowest BCUT2D eigenvalue weighted by atomic mass is 9.80. The molecule has 1 atom stereocenters. The quantitative estimate of drug-likeness (QED) is 0.645. The van der Waals surface area contributed by atoms with E-state index in [0.29, 0.717) is 19.3 Å². The zero-order valence-corrected chi connectivity index (χ0v) is 11.7. The van der Waals surface area contributed by atoms with Crippen LogP contribution in [0.2, 0.25) is 0 Å². The van der Waals surface area contributed by atoms with Gasteiger partial charge in [0.1, 0.15) is 5.75 Å². The van der Waals surface area contributed by atoms with E-state index in [2.05, 4.69) is 5.43 Å². The molecule has 1 saturated carbocycles. The summed E-state index contributed by atoms with van der Waals surface area (Å²) in [6, 6.07) is 7.75. The molecule has 1 fully saturated rings. The van der Waals surface area contributed by atoms with Gasteiger partial charge in [0.2, 0.25) is 5.92 Å². The number of nitrogens with one attached hydrogen (secondary N) is 1. The maximum atomic E-state index is 13.2. The highest BCUT2D eigenvalue weighted by atomic mass is 19.3. The molecular weight excluding hydrogens is 262 g/mol. The van der Waals surface area contributed by atoms with Crippen LogP contribution >= 0.6 is 0 Å². The van der Waals surface area contributed by atoms with Crippen molar-refractivity contribution in [2.75, 3.05) is 7.11 Å². The van der Waals surface area contributed by atoms with Crippen LogP contribution in [0.5, 0.6) is 5.75 Å². The van der Waals surface area contributed by atoms with Gasteiger partial charge in [0.15, 0.2) is 0 Å². The fourth-order valence-electron chi connectivity index (χ4n) is 2.94. The monoisotopic (exact) mass is 284 g/mol. The lowest BCUT2D eigenvalue weighted by Gasteiger charge is -2.33. The average molecular weight is 284 g/mol. The molecule has 1 aliphatic carbocycles. The smallest absolute Gasteiger partial charge is 0.248 e. The van der Waals surface area contributed by atoms with Gasteiger partial charge in [-0.1, -0.05) is 18.2 Å². The van der Waals surface area contributed by atoms with E-state index in [1.807, 2.05) is 24.3 Å². The normalized spacial score (nSPS) is 20.6. The molecule has 0 bridgehead atoms. The Morgan fingerprint density at radius 3 is 2.60 bits per heavy atom. The van der Waals surface area contributed by atoms with Crippen LogP contribution in [0.1, 0.15) is 31.2 Å². The van der Waals surface area contributed by atoms with Crippen LogP contribution in [0.25, 0.3) is 0 Å². The topological polar surface area (TPSA) is 47.3 Å². The second kappa shape index (κ2) is 6.50. The highest BCUT2D eigenvalue weighted by Crippen LogP contribution is 2.38. The van der Waals surface area contributed by atoms with Crippen molar-refractivity contribution in [1.29, 1.82) is 0 Å². The van der Waals surface area contributed by atoms with Crippen molar-refractivity contribution in [1.82, 2.24) is 5.43 Å². The van der Waals surface area contributed by atoms with E-state index >= 15 is 0 Å². The fourth-order valence-corrected chi connectivity index (χ4v) is 2.94. The summed E-state index contributed by atoms with van der Waals surface area (Å²) in [5.74, 6) is 4.13. The van der Waals surface area contributed by atoms with E-state index < -0.39 is 5.92 Å². The number of ether oxygens (including phenoxy) is 1. The first-order valence-electron chi connectivity index (χ1n) is 7.01. The Kier molecular flexibility index (Phi) is 4.94. The average Bonchev–Trinajstić information content (AvgIpc) is 2.45. The minimum absolute atomic E-state index is 0.00222. The van der Waals surface area contributed by atoms with Crippen molar-refractivity contribution >= 4 is 0 Å². The number of hydrogen-bond donors (Lipinski definition) is 2. The van der Waals surface area contributed by atoms with Crippen LogP contribution < -0.4 is 16.0 Å². The Labute approximate surface area is 118 Å². The van der Waals surface area contributed by atoms with E-state index in [1.165, 1.54) is 0 Å². The summed E-state index contributed by atoms with van der Waals surface area (Å²) in [5, 5.41) is 0. The van der Waals surface area contributed by atoms with Crippen molar-refractivity contribution in [3.63, 3.8) is 0 Å². The fraction of sp³-hybridized carbons (Fsp3) is 0.600. The molecular formula is C15H22F2N2O. The molecule has 0 aromatic heterocycles. The molecule has 3 nitrogen and oxygen atoms in total. The summed E-state index contributed by atoms with van der Waals surface area (Å²) in [7, 11) is 1.63. The molecule has 0 saturated heterocycles. The molecule has 20 heavy (non-hydrogen) atoms. The number of benzene rings is 1. The summed E-state index contributed by atoms with van der Waals surface area (Å²) in [6.45, 7) is 0. The van der Waals surface area contributed by atoms with E-state index in [9.17, 15) is 8.78 Å². The first-order chi connectivity index (χ1) is 9.55. The van der Waals surface area contributed by atoms with Gasteiger partial charge in [-0.05, 0) is 36.8 Å². The van der Waals surface area contributed by atoms with Gasteiger partial charge in [-0.2, -0.15) is 0 Å². The Balaban J connectivity index is 2.02. The highest BCUT2D eigenvalue weighted by Gasteiger charge is 2.37. The van der Waals surface area contributed by atoms with Crippen molar-refractivity contribution in [3.8, 4) is 5.75 Å². The first-order valence-corrected chi connectivity index (χ1v) is 7.01. The number of hydrogen-bond acceptors (Lipinski definition) is 3. The number of para-hydroxylation sites is 1. The molecule has 3 N–H and O–H groups in total. The Morgan fingerprint density at radius 1 is 1.35 bits per heavy atom. The lowest BCUT2D eigenvalue weighted by Crippen LogP contribution is -2.44. The molecule has 0 spiro atoms. The van der Waals surface area contributed by atoms with E-state index in [1.54, 1.807) is 7.11 Å². The van der Waals surface area contributed by atoms with Gasteiger partial charge >= 0.3 is 0 Å². The van der Waals surface area contributed by atoms with E-state index in [4.69, 9.17) is 10.6 Å². The molecule has 1 aromatic carbocycles. The van der Waals surface area contributed by atoms with E-state index in [0.717, 1.165) is 11.3 Å². The minimum atomic E-state index is -2.50.